The number of likely N-dealkylation sites (tertiary alicyclic amines) is 1. The molecule has 1 aromatic carbocycles. The molecule has 0 aromatic heterocycles. The van der Waals surface area contributed by atoms with E-state index in [0.717, 1.165) is 31.9 Å². The smallest absolute Gasteiger partial charge is 0.271 e. The Bertz CT molecular complexity index is 584. The van der Waals surface area contributed by atoms with Gasteiger partial charge in [-0.2, -0.15) is 0 Å². The van der Waals surface area contributed by atoms with Crippen molar-refractivity contribution >= 4 is 23.0 Å². The van der Waals surface area contributed by atoms with Crippen LogP contribution in [0.4, 0.5) is 17.1 Å². The molecular formula is C15H20N4O3. The number of nitro benzene ring substituents is 1. The van der Waals surface area contributed by atoms with Crippen molar-refractivity contribution in [3.63, 3.8) is 0 Å². The second-order valence-corrected chi connectivity index (χ2v) is 5.83. The van der Waals surface area contributed by atoms with Crippen molar-refractivity contribution in [2.24, 2.45) is 0 Å². The van der Waals surface area contributed by atoms with Crippen LogP contribution in [0.25, 0.3) is 0 Å². The zero-order chi connectivity index (χ0) is 15.5. The standard InChI is InChI=1S/C15H20N4O3/c20-15-11-18(9-8-17-6-2-1-3-7-17)14-5-4-12(19(21)22)10-13(14)16-15/h4-5,10H,1-3,6-9,11H2,(H,16,20). The molecule has 0 atom stereocenters. The highest BCUT2D eigenvalue weighted by Gasteiger charge is 2.24. The summed E-state index contributed by atoms with van der Waals surface area (Å²) in [6.45, 7) is 4.22. The fourth-order valence-electron chi connectivity index (χ4n) is 3.11. The van der Waals surface area contributed by atoms with E-state index >= 15 is 0 Å². The number of benzene rings is 1. The average Bonchev–Trinajstić information content (AvgIpc) is 2.52. The summed E-state index contributed by atoms with van der Waals surface area (Å²) in [6, 6.07) is 4.65. The van der Waals surface area contributed by atoms with Gasteiger partial charge in [-0.15, -0.1) is 0 Å². The molecule has 0 radical (unpaired) electrons. The first-order chi connectivity index (χ1) is 10.6. The quantitative estimate of drug-likeness (QED) is 0.678. The van der Waals surface area contributed by atoms with E-state index in [1.165, 1.54) is 31.4 Å². The molecule has 2 aliphatic rings. The molecule has 1 aromatic rings. The van der Waals surface area contributed by atoms with Crippen LogP contribution < -0.4 is 10.2 Å². The Morgan fingerprint density at radius 2 is 1.95 bits per heavy atom. The van der Waals surface area contributed by atoms with Crippen molar-refractivity contribution in [2.45, 2.75) is 19.3 Å². The van der Waals surface area contributed by atoms with Crippen LogP contribution in [-0.4, -0.2) is 48.5 Å². The summed E-state index contributed by atoms with van der Waals surface area (Å²) in [5.74, 6) is -0.119. The number of carbonyl (C=O) groups is 1. The maximum absolute atomic E-state index is 11.8. The number of non-ortho nitro benzene ring substituents is 1. The molecule has 2 heterocycles. The van der Waals surface area contributed by atoms with Gasteiger partial charge in [0.2, 0.25) is 5.91 Å². The third-order valence-corrected chi connectivity index (χ3v) is 4.28. The van der Waals surface area contributed by atoms with Crippen LogP contribution in [0.15, 0.2) is 18.2 Å². The highest BCUT2D eigenvalue weighted by Crippen LogP contribution is 2.32. The Hall–Kier alpha value is -2.15. The van der Waals surface area contributed by atoms with E-state index in [4.69, 9.17) is 0 Å². The molecule has 7 nitrogen and oxygen atoms in total. The molecule has 2 aliphatic heterocycles. The summed E-state index contributed by atoms with van der Waals surface area (Å²) in [6.07, 6.45) is 3.78. The molecule has 1 amide bonds. The lowest BCUT2D eigenvalue weighted by Gasteiger charge is -2.34. The fraction of sp³-hybridized carbons (Fsp3) is 0.533. The second-order valence-electron chi connectivity index (χ2n) is 5.83. The minimum absolute atomic E-state index is 0.00284. The molecule has 0 unspecified atom stereocenters. The molecule has 1 fully saturated rings. The Morgan fingerprint density at radius 1 is 1.18 bits per heavy atom. The summed E-state index contributed by atoms with van der Waals surface area (Å²) in [5, 5.41) is 13.6. The molecule has 0 saturated carbocycles. The largest absolute Gasteiger partial charge is 0.359 e. The van der Waals surface area contributed by atoms with Gasteiger partial charge >= 0.3 is 0 Å². The van der Waals surface area contributed by atoms with Crippen molar-refractivity contribution in [1.29, 1.82) is 0 Å². The highest BCUT2D eigenvalue weighted by atomic mass is 16.6. The minimum atomic E-state index is -0.445. The van der Waals surface area contributed by atoms with Gasteiger partial charge in [0, 0.05) is 25.2 Å². The first-order valence-corrected chi connectivity index (χ1v) is 7.69. The van der Waals surface area contributed by atoms with E-state index in [9.17, 15) is 14.9 Å². The average molecular weight is 304 g/mol. The maximum atomic E-state index is 11.8. The lowest BCUT2D eigenvalue weighted by atomic mass is 10.1. The molecule has 22 heavy (non-hydrogen) atoms. The number of piperidine rings is 1. The number of nitro groups is 1. The number of rotatable bonds is 4. The molecule has 0 spiro atoms. The number of hydrogen-bond donors (Lipinski definition) is 1. The molecule has 3 rings (SSSR count). The summed E-state index contributed by atoms with van der Waals surface area (Å²) < 4.78 is 0. The third kappa shape index (κ3) is 3.19. The fourth-order valence-corrected chi connectivity index (χ4v) is 3.11. The summed E-state index contributed by atoms with van der Waals surface area (Å²) >= 11 is 0. The van der Waals surface area contributed by atoms with Crippen LogP contribution in [0.2, 0.25) is 0 Å². The van der Waals surface area contributed by atoms with Gasteiger partial charge < -0.3 is 15.1 Å². The predicted molar refractivity (Wildman–Crippen MR) is 84.2 cm³/mol. The minimum Gasteiger partial charge on any atom is -0.359 e. The van der Waals surface area contributed by atoms with Crippen LogP contribution in [0, 0.1) is 10.1 Å². The monoisotopic (exact) mass is 304 g/mol. The lowest BCUT2D eigenvalue weighted by Crippen LogP contribution is -2.43. The Labute approximate surface area is 129 Å². The van der Waals surface area contributed by atoms with Crippen molar-refractivity contribution in [3.8, 4) is 0 Å². The van der Waals surface area contributed by atoms with Crippen molar-refractivity contribution in [3.05, 3.63) is 28.3 Å². The number of hydrogen-bond acceptors (Lipinski definition) is 5. The van der Waals surface area contributed by atoms with Gasteiger partial charge in [-0.1, -0.05) is 6.42 Å². The second kappa shape index (κ2) is 6.31. The van der Waals surface area contributed by atoms with Gasteiger partial charge in [0.05, 0.1) is 22.8 Å². The lowest BCUT2D eigenvalue weighted by molar-refractivity contribution is -0.384. The SMILES string of the molecule is O=C1CN(CCN2CCCCC2)c2ccc([N+](=O)[O-])cc2N1. The Balaban J connectivity index is 1.73. The predicted octanol–water partition coefficient (Wildman–Crippen LogP) is 1.84. The molecule has 118 valence electrons. The number of fused-ring (bicyclic) bond motifs is 1. The normalized spacial score (nSPS) is 18.7. The summed E-state index contributed by atoms with van der Waals surface area (Å²) in [7, 11) is 0. The van der Waals surface area contributed by atoms with Crippen molar-refractivity contribution < 1.29 is 9.72 Å². The third-order valence-electron chi connectivity index (χ3n) is 4.28. The van der Waals surface area contributed by atoms with E-state index in [-0.39, 0.29) is 11.6 Å². The Kier molecular flexibility index (Phi) is 4.24. The van der Waals surface area contributed by atoms with Crippen molar-refractivity contribution in [1.82, 2.24) is 4.90 Å². The first-order valence-electron chi connectivity index (χ1n) is 7.69. The van der Waals surface area contributed by atoms with Crippen molar-refractivity contribution in [2.75, 3.05) is 42.9 Å². The van der Waals surface area contributed by atoms with Gasteiger partial charge in [-0.25, -0.2) is 0 Å². The van der Waals surface area contributed by atoms with Gasteiger partial charge in [-0.05, 0) is 32.0 Å². The number of amides is 1. The summed E-state index contributed by atoms with van der Waals surface area (Å²) in [5.41, 5.74) is 1.39. The topological polar surface area (TPSA) is 78.7 Å². The van der Waals surface area contributed by atoms with Gasteiger partial charge in [-0.3, -0.25) is 14.9 Å². The molecule has 0 bridgehead atoms. The van der Waals surface area contributed by atoms with Crippen LogP contribution in [0.3, 0.4) is 0 Å². The molecule has 1 N–H and O–H groups in total. The van der Waals surface area contributed by atoms with Gasteiger partial charge in [0.1, 0.15) is 0 Å². The highest BCUT2D eigenvalue weighted by molar-refractivity contribution is 6.01. The number of carbonyl (C=O) groups excluding carboxylic acids is 1. The van der Waals surface area contributed by atoms with Gasteiger partial charge in [0.25, 0.3) is 5.69 Å². The van der Waals surface area contributed by atoms with Crippen LogP contribution >= 0.6 is 0 Å². The first kappa shape index (κ1) is 14.8. The van der Waals surface area contributed by atoms with E-state index in [2.05, 4.69) is 10.2 Å². The van der Waals surface area contributed by atoms with E-state index < -0.39 is 4.92 Å². The number of nitrogens with zero attached hydrogens (tertiary/aromatic N) is 3. The van der Waals surface area contributed by atoms with Crippen LogP contribution in [0.1, 0.15) is 19.3 Å². The zero-order valence-corrected chi connectivity index (χ0v) is 12.5. The molecule has 7 heteroatoms. The van der Waals surface area contributed by atoms with E-state index in [1.807, 2.05) is 4.90 Å². The maximum Gasteiger partial charge on any atom is 0.271 e. The zero-order valence-electron chi connectivity index (χ0n) is 12.5. The number of nitrogens with one attached hydrogen (secondary N) is 1. The van der Waals surface area contributed by atoms with Crippen LogP contribution in [0.5, 0.6) is 0 Å². The summed E-state index contributed by atoms with van der Waals surface area (Å²) in [4.78, 5) is 26.7. The molecular weight excluding hydrogens is 284 g/mol. The molecule has 1 saturated heterocycles. The number of anilines is 2. The Morgan fingerprint density at radius 3 is 2.68 bits per heavy atom. The van der Waals surface area contributed by atoms with Gasteiger partial charge in [0.15, 0.2) is 0 Å². The molecule has 0 aliphatic carbocycles. The van der Waals surface area contributed by atoms with E-state index in [0.29, 0.717) is 12.2 Å². The van der Waals surface area contributed by atoms with E-state index in [1.54, 1.807) is 6.07 Å². The van der Waals surface area contributed by atoms with Crippen LogP contribution in [-0.2, 0) is 4.79 Å².